The molecule has 7 aromatic rings. The summed E-state index contributed by atoms with van der Waals surface area (Å²) in [7, 11) is 0. The van der Waals surface area contributed by atoms with Gasteiger partial charge in [0.05, 0.1) is 5.58 Å². The number of furan rings is 1. The Kier molecular flexibility index (Phi) is 9.54. The summed E-state index contributed by atoms with van der Waals surface area (Å²) < 4.78 is 6.04. The average Bonchev–Trinajstić information content (AvgIpc) is 3.44. The second kappa shape index (κ2) is 13.5. The average molecular weight is 751 g/mol. The van der Waals surface area contributed by atoms with Gasteiger partial charge in [0.1, 0.15) is 5.58 Å². The van der Waals surface area contributed by atoms with Crippen LogP contribution in [0.5, 0.6) is 0 Å². The van der Waals surface area contributed by atoms with Gasteiger partial charge in [-0.05, 0) is 52.5 Å². The van der Waals surface area contributed by atoms with Gasteiger partial charge in [-0.2, -0.15) is 0 Å². The van der Waals surface area contributed by atoms with Crippen LogP contribution in [0.3, 0.4) is 0 Å². The van der Waals surface area contributed by atoms with E-state index in [1.165, 1.54) is 22.3 Å². The molecule has 0 saturated carbocycles. The van der Waals surface area contributed by atoms with Crippen molar-refractivity contribution in [1.29, 1.82) is 0 Å². The van der Waals surface area contributed by atoms with E-state index in [4.69, 9.17) is 4.42 Å². The zero-order valence-corrected chi connectivity index (χ0v) is 27.8. The number of aromatic nitrogens is 2. The SMILES string of the molecule is CC(C)(C)c1ccnc(-c2[c-]ccc(-c3ccccc3)c2)c1.CCc1ccnc(-c2[c-]ccc3c2oc2ccccc23)c1.[Ir]. The third-order valence-electron chi connectivity index (χ3n) is 7.64. The van der Waals surface area contributed by atoms with Crippen molar-refractivity contribution in [1.82, 2.24) is 9.97 Å². The van der Waals surface area contributed by atoms with Gasteiger partial charge >= 0.3 is 0 Å². The van der Waals surface area contributed by atoms with E-state index in [0.717, 1.165) is 50.9 Å². The first-order valence-corrected chi connectivity index (χ1v) is 14.7. The zero-order valence-electron chi connectivity index (χ0n) is 25.4. The van der Waals surface area contributed by atoms with Crippen LogP contribution in [0, 0.1) is 12.1 Å². The van der Waals surface area contributed by atoms with Gasteiger partial charge in [0.15, 0.2) is 0 Å². The minimum Gasteiger partial charge on any atom is -0.501 e. The summed E-state index contributed by atoms with van der Waals surface area (Å²) in [6.07, 6.45) is 4.73. The molecular formula is C40H34IrN2O-2. The first kappa shape index (κ1) is 31.1. The summed E-state index contributed by atoms with van der Waals surface area (Å²) in [5.74, 6) is 0. The molecule has 0 aliphatic rings. The molecule has 0 unspecified atom stereocenters. The summed E-state index contributed by atoms with van der Waals surface area (Å²) >= 11 is 0. The van der Waals surface area contributed by atoms with Crippen LogP contribution in [0.2, 0.25) is 0 Å². The van der Waals surface area contributed by atoms with Gasteiger partial charge in [-0.25, -0.2) is 0 Å². The standard InChI is InChI=1S/C21H20N.C19H14NO.Ir/c1-21(2,3)19-12-13-22-20(15-19)18-11-7-10-17(14-18)16-8-5-4-6-9-16;1-2-13-10-11-20-17(12-13)16-8-5-7-15-14-6-3-4-9-18(14)21-19(15)16;/h4-10,12-15H,1-3H3;3-7,9-12H,2H2,1H3;/q2*-1;. The molecule has 221 valence electrons. The molecule has 0 amide bonds. The number of hydrogen-bond acceptors (Lipinski definition) is 3. The van der Waals surface area contributed by atoms with E-state index in [1.54, 1.807) is 0 Å². The topological polar surface area (TPSA) is 38.9 Å². The molecular weight excluding hydrogens is 717 g/mol. The number of pyridine rings is 2. The number of aryl methyl sites for hydroxylation is 1. The zero-order chi connectivity index (χ0) is 29.8. The maximum Gasteiger partial charge on any atom is 0.120 e. The van der Waals surface area contributed by atoms with Crippen molar-refractivity contribution < 1.29 is 24.5 Å². The van der Waals surface area contributed by atoms with Crippen LogP contribution >= 0.6 is 0 Å². The van der Waals surface area contributed by atoms with Gasteiger partial charge in [0.2, 0.25) is 0 Å². The van der Waals surface area contributed by atoms with Crippen LogP contribution in [0.15, 0.2) is 126 Å². The molecule has 0 aliphatic heterocycles. The van der Waals surface area contributed by atoms with Gasteiger partial charge in [0.25, 0.3) is 0 Å². The molecule has 0 bridgehead atoms. The Morgan fingerprint density at radius 2 is 1.41 bits per heavy atom. The molecule has 3 nitrogen and oxygen atoms in total. The van der Waals surface area contributed by atoms with Crippen molar-refractivity contribution in [3.63, 3.8) is 0 Å². The largest absolute Gasteiger partial charge is 0.501 e. The van der Waals surface area contributed by atoms with Gasteiger partial charge in [-0.15, -0.1) is 53.6 Å². The predicted octanol–water partition coefficient (Wildman–Crippen LogP) is 10.5. The number of nitrogens with zero attached hydrogens (tertiary/aromatic N) is 2. The fraction of sp³-hybridized carbons (Fsp3) is 0.150. The Balaban J connectivity index is 0.000000171. The fourth-order valence-corrected chi connectivity index (χ4v) is 5.18. The second-order valence-electron chi connectivity index (χ2n) is 11.6. The maximum atomic E-state index is 6.04. The van der Waals surface area contributed by atoms with E-state index in [2.05, 4.69) is 110 Å². The molecule has 3 aromatic heterocycles. The molecule has 0 spiro atoms. The summed E-state index contributed by atoms with van der Waals surface area (Å²) in [6, 6.07) is 43.7. The van der Waals surface area contributed by atoms with Crippen LogP contribution in [-0.2, 0) is 31.9 Å². The van der Waals surface area contributed by atoms with E-state index in [1.807, 2.05) is 60.9 Å². The van der Waals surface area contributed by atoms with Crippen molar-refractivity contribution in [3.05, 3.63) is 145 Å². The van der Waals surface area contributed by atoms with Crippen molar-refractivity contribution in [3.8, 4) is 33.6 Å². The second-order valence-corrected chi connectivity index (χ2v) is 11.6. The van der Waals surface area contributed by atoms with Crippen LogP contribution in [-0.4, -0.2) is 9.97 Å². The smallest absolute Gasteiger partial charge is 0.120 e. The number of fused-ring (bicyclic) bond motifs is 3. The van der Waals surface area contributed by atoms with Gasteiger partial charge in [-0.1, -0.05) is 105 Å². The number of hydrogen-bond donors (Lipinski definition) is 0. The van der Waals surface area contributed by atoms with Crippen LogP contribution < -0.4 is 0 Å². The molecule has 0 N–H and O–H groups in total. The first-order valence-electron chi connectivity index (χ1n) is 14.7. The molecule has 0 saturated heterocycles. The number of para-hydroxylation sites is 1. The monoisotopic (exact) mass is 751 g/mol. The Bertz CT molecular complexity index is 2000. The summed E-state index contributed by atoms with van der Waals surface area (Å²) in [4.78, 5) is 9.01. The van der Waals surface area contributed by atoms with Gasteiger partial charge in [0, 0.05) is 37.9 Å². The van der Waals surface area contributed by atoms with E-state index >= 15 is 0 Å². The fourth-order valence-electron chi connectivity index (χ4n) is 5.18. The van der Waals surface area contributed by atoms with Crippen molar-refractivity contribution >= 4 is 21.9 Å². The van der Waals surface area contributed by atoms with Crippen LogP contribution in [0.4, 0.5) is 0 Å². The molecule has 3 heterocycles. The summed E-state index contributed by atoms with van der Waals surface area (Å²) in [6.45, 7) is 8.80. The molecule has 4 aromatic carbocycles. The molecule has 0 aliphatic carbocycles. The van der Waals surface area contributed by atoms with Gasteiger partial charge < -0.3 is 14.4 Å². The molecule has 44 heavy (non-hydrogen) atoms. The normalized spacial score (nSPS) is 11.1. The third kappa shape index (κ3) is 6.73. The van der Waals surface area contributed by atoms with E-state index in [9.17, 15) is 0 Å². The summed E-state index contributed by atoms with van der Waals surface area (Å²) in [5.41, 5.74) is 10.7. The third-order valence-corrected chi connectivity index (χ3v) is 7.64. The minimum atomic E-state index is 0. The van der Waals surface area contributed by atoms with Crippen LogP contribution in [0.1, 0.15) is 38.8 Å². The maximum absolute atomic E-state index is 6.04. The predicted molar refractivity (Wildman–Crippen MR) is 178 cm³/mol. The molecule has 0 fully saturated rings. The minimum absolute atomic E-state index is 0. The van der Waals surface area contributed by atoms with E-state index < -0.39 is 0 Å². The molecule has 7 rings (SSSR count). The molecule has 1 radical (unpaired) electrons. The number of rotatable bonds is 4. The van der Waals surface area contributed by atoms with E-state index in [0.29, 0.717) is 0 Å². The Hall–Kier alpha value is -4.37. The Labute approximate surface area is 273 Å². The van der Waals surface area contributed by atoms with Crippen molar-refractivity contribution in [2.75, 3.05) is 0 Å². The first-order chi connectivity index (χ1) is 20.9. The van der Waals surface area contributed by atoms with Crippen LogP contribution in [0.25, 0.3) is 55.6 Å². The van der Waals surface area contributed by atoms with Crippen molar-refractivity contribution in [2.24, 2.45) is 0 Å². The number of benzene rings is 4. The van der Waals surface area contributed by atoms with Gasteiger partial charge in [-0.3, -0.25) is 0 Å². The quantitative estimate of drug-likeness (QED) is 0.168. The van der Waals surface area contributed by atoms with E-state index in [-0.39, 0.29) is 25.5 Å². The molecule has 4 heteroatoms. The van der Waals surface area contributed by atoms with Crippen molar-refractivity contribution in [2.45, 2.75) is 39.5 Å². The summed E-state index contributed by atoms with van der Waals surface area (Å²) in [5, 5.41) is 2.25. The molecule has 0 atom stereocenters. The Morgan fingerprint density at radius 1 is 0.682 bits per heavy atom. The Morgan fingerprint density at radius 3 is 2.20 bits per heavy atom.